The number of furan rings is 1. The van der Waals surface area contributed by atoms with E-state index in [-0.39, 0.29) is 11.7 Å². The fourth-order valence-electron chi connectivity index (χ4n) is 2.75. The summed E-state index contributed by atoms with van der Waals surface area (Å²) < 4.78 is 12.2. The van der Waals surface area contributed by atoms with E-state index in [0.717, 1.165) is 29.6 Å². The molecule has 1 amide bonds. The van der Waals surface area contributed by atoms with E-state index < -0.39 is 6.04 Å². The molecule has 4 aromatic rings. The van der Waals surface area contributed by atoms with Crippen LogP contribution in [0.3, 0.4) is 0 Å². The first-order chi connectivity index (χ1) is 13.2. The molecule has 9 nitrogen and oxygen atoms in total. The van der Waals surface area contributed by atoms with Crippen LogP contribution in [0, 0.1) is 0 Å². The molecular formula is C18H18N6O3. The Balaban J connectivity index is 1.53. The van der Waals surface area contributed by atoms with Crippen molar-refractivity contribution in [3.8, 4) is 11.4 Å². The second-order valence-electron chi connectivity index (χ2n) is 6.14. The highest BCUT2D eigenvalue weighted by Gasteiger charge is 2.19. The monoisotopic (exact) mass is 366 g/mol. The Morgan fingerprint density at radius 1 is 1.33 bits per heavy atom. The Morgan fingerprint density at radius 2 is 2.22 bits per heavy atom. The fraction of sp³-hybridized carbons (Fsp3) is 0.278. The Bertz CT molecular complexity index is 1070. The average molecular weight is 366 g/mol. The third-order valence-corrected chi connectivity index (χ3v) is 4.11. The average Bonchev–Trinajstić information content (AvgIpc) is 3.42. The molecule has 27 heavy (non-hydrogen) atoms. The van der Waals surface area contributed by atoms with Crippen molar-refractivity contribution in [3.05, 3.63) is 48.2 Å². The number of hydrogen-bond donors (Lipinski definition) is 1. The van der Waals surface area contributed by atoms with Crippen LogP contribution in [0.1, 0.15) is 42.8 Å². The topological polar surface area (TPSA) is 112 Å². The van der Waals surface area contributed by atoms with Crippen molar-refractivity contribution < 1.29 is 13.7 Å². The highest BCUT2D eigenvalue weighted by atomic mass is 16.5. The quantitative estimate of drug-likeness (QED) is 0.558. The van der Waals surface area contributed by atoms with Gasteiger partial charge in [0.2, 0.25) is 11.7 Å². The second kappa shape index (κ2) is 7.02. The Morgan fingerprint density at radius 3 is 3.00 bits per heavy atom. The lowest BCUT2D eigenvalue weighted by Crippen LogP contribution is -2.26. The number of carbonyl (C=O) groups excluding carboxylic acids is 1. The SMILES string of the molecule is CCCn1nnc2cc(-c3noc([C@@H](C)NC(=O)c4ccco4)n3)ccc21. The van der Waals surface area contributed by atoms with E-state index in [0.29, 0.717) is 11.7 Å². The second-order valence-corrected chi connectivity index (χ2v) is 6.14. The van der Waals surface area contributed by atoms with Gasteiger partial charge in [-0.3, -0.25) is 4.79 Å². The summed E-state index contributed by atoms with van der Waals surface area (Å²) in [7, 11) is 0. The molecule has 9 heteroatoms. The molecule has 1 aromatic carbocycles. The smallest absolute Gasteiger partial charge is 0.287 e. The van der Waals surface area contributed by atoms with Crippen molar-refractivity contribution >= 4 is 16.9 Å². The summed E-state index contributed by atoms with van der Waals surface area (Å²) in [5.74, 6) is 0.610. The largest absolute Gasteiger partial charge is 0.459 e. The van der Waals surface area contributed by atoms with Crippen LogP contribution in [0.25, 0.3) is 22.4 Å². The van der Waals surface area contributed by atoms with Crippen molar-refractivity contribution in [2.75, 3.05) is 0 Å². The predicted octanol–water partition coefficient (Wildman–Crippen LogP) is 2.98. The molecule has 1 N–H and O–H groups in total. The van der Waals surface area contributed by atoms with Crippen LogP contribution >= 0.6 is 0 Å². The van der Waals surface area contributed by atoms with E-state index in [1.54, 1.807) is 19.1 Å². The maximum absolute atomic E-state index is 12.1. The van der Waals surface area contributed by atoms with E-state index in [1.165, 1.54) is 6.26 Å². The molecule has 0 radical (unpaired) electrons. The van der Waals surface area contributed by atoms with Gasteiger partial charge >= 0.3 is 0 Å². The minimum Gasteiger partial charge on any atom is -0.459 e. The molecule has 0 fully saturated rings. The third-order valence-electron chi connectivity index (χ3n) is 4.11. The van der Waals surface area contributed by atoms with Gasteiger partial charge in [-0.15, -0.1) is 5.10 Å². The molecule has 0 aliphatic heterocycles. The summed E-state index contributed by atoms with van der Waals surface area (Å²) in [6.45, 7) is 4.67. The van der Waals surface area contributed by atoms with Gasteiger partial charge in [-0.1, -0.05) is 17.3 Å². The summed E-state index contributed by atoms with van der Waals surface area (Å²) in [4.78, 5) is 16.4. The number of nitrogens with one attached hydrogen (secondary N) is 1. The Kier molecular flexibility index (Phi) is 4.41. The highest BCUT2D eigenvalue weighted by molar-refractivity contribution is 5.91. The van der Waals surface area contributed by atoms with Gasteiger partial charge in [0, 0.05) is 12.1 Å². The number of nitrogens with zero attached hydrogens (tertiary/aromatic N) is 5. The molecule has 0 saturated carbocycles. The van der Waals surface area contributed by atoms with Gasteiger partial charge in [-0.2, -0.15) is 4.98 Å². The minimum atomic E-state index is -0.460. The lowest BCUT2D eigenvalue weighted by atomic mass is 10.2. The van der Waals surface area contributed by atoms with Gasteiger partial charge in [0.1, 0.15) is 11.6 Å². The van der Waals surface area contributed by atoms with E-state index >= 15 is 0 Å². The Labute approximate surface area is 154 Å². The lowest BCUT2D eigenvalue weighted by molar-refractivity contribution is 0.0904. The van der Waals surface area contributed by atoms with E-state index in [1.807, 2.05) is 22.9 Å². The van der Waals surface area contributed by atoms with E-state index in [9.17, 15) is 4.79 Å². The van der Waals surface area contributed by atoms with Crippen molar-refractivity contribution in [2.45, 2.75) is 32.9 Å². The molecule has 4 rings (SSSR count). The van der Waals surface area contributed by atoms with Gasteiger partial charge in [0.25, 0.3) is 5.91 Å². The number of aryl methyl sites for hydroxylation is 1. The van der Waals surface area contributed by atoms with Gasteiger partial charge in [0.05, 0.1) is 11.8 Å². The van der Waals surface area contributed by atoms with Crippen LogP contribution in [0.2, 0.25) is 0 Å². The molecule has 0 spiro atoms. The molecular weight excluding hydrogens is 348 g/mol. The van der Waals surface area contributed by atoms with Crippen LogP contribution in [-0.4, -0.2) is 31.0 Å². The van der Waals surface area contributed by atoms with E-state index in [4.69, 9.17) is 8.94 Å². The summed E-state index contributed by atoms with van der Waals surface area (Å²) in [6, 6.07) is 8.49. The maximum atomic E-state index is 12.1. The van der Waals surface area contributed by atoms with E-state index in [2.05, 4.69) is 32.7 Å². The van der Waals surface area contributed by atoms with Gasteiger partial charge in [0.15, 0.2) is 5.76 Å². The number of hydrogen-bond acceptors (Lipinski definition) is 7. The van der Waals surface area contributed by atoms with Gasteiger partial charge in [-0.25, -0.2) is 4.68 Å². The van der Waals surface area contributed by atoms with Crippen LogP contribution in [-0.2, 0) is 6.54 Å². The number of fused-ring (bicyclic) bond motifs is 1. The standard InChI is InChI=1S/C18H18N6O3/c1-3-8-24-14-7-6-12(10-13(14)21-23-24)16-20-18(27-22-16)11(2)19-17(25)15-5-4-9-26-15/h4-7,9-11H,3,8H2,1-2H3,(H,19,25)/t11-/m1/s1. The normalized spacial score (nSPS) is 12.4. The summed E-state index contributed by atoms with van der Waals surface area (Å²) in [5.41, 5.74) is 2.50. The minimum absolute atomic E-state index is 0.224. The van der Waals surface area contributed by atoms with Crippen LogP contribution < -0.4 is 5.32 Å². The summed E-state index contributed by atoms with van der Waals surface area (Å²) in [5, 5.41) is 15.1. The molecule has 138 valence electrons. The fourth-order valence-corrected chi connectivity index (χ4v) is 2.75. The zero-order valence-electron chi connectivity index (χ0n) is 14.9. The first-order valence-electron chi connectivity index (χ1n) is 8.67. The Hall–Kier alpha value is -3.49. The summed E-state index contributed by atoms with van der Waals surface area (Å²) in [6.07, 6.45) is 2.42. The number of benzene rings is 1. The summed E-state index contributed by atoms with van der Waals surface area (Å²) >= 11 is 0. The number of carbonyl (C=O) groups is 1. The zero-order valence-corrected chi connectivity index (χ0v) is 14.9. The number of aromatic nitrogens is 5. The predicted molar refractivity (Wildman–Crippen MR) is 95.7 cm³/mol. The van der Waals surface area contributed by atoms with Crippen LogP contribution in [0.4, 0.5) is 0 Å². The molecule has 1 atom stereocenters. The van der Waals surface area contributed by atoms with Crippen molar-refractivity contribution in [2.24, 2.45) is 0 Å². The first kappa shape index (κ1) is 17.0. The molecule has 0 saturated heterocycles. The van der Waals surface area contributed by atoms with Crippen LogP contribution in [0.15, 0.2) is 45.5 Å². The van der Waals surface area contributed by atoms with Gasteiger partial charge in [-0.05, 0) is 43.7 Å². The molecule has 0 unspecified atom stereocenters. The van der Waals surface area contributed by atoms with Crippen molar-refractivity contribution in [1.29, 1.82) is 0 Å². The molecule has 0 aliphatic carbocycles. The molecule has 3 heterocycles. The molecule has 0 aliphatic rings. The highest BCUT2D eigenvalue weighted by Crippen LogP contribution is 2.23. The maximum Gasteiger partial charge on any atom is 0.287 e. The zero-order chi connectivity index (χ0) is 18.8. The third kappa shape index (κ3) is 3.31. The van der Waals surface area contributed by atoms with Crippen molar-refractivity contribution in [1.82, 2.24) is 30.5 Å². The molecule has 0 bridgehead atoms. The first-order valence-corrected chi connectivity index (χ1v) is 8.67. The number of rotatable bonds is 6. The van der Waals surface area contributed by atoms with Crippen molar-refractivity contribution in [3.63, 3.8) is 0 Å². The lowest BCUT2D eigenvalue weighted by Gasteiger charge is -2.07. The van der Waals surface area contributed by atoms with Crippen LogP contribution in [0.5, 0.6) is 0 Å². The van der Waals surface area contributed by atoms with Gasteiger partial charge < -0.3 is 14.3 Å². The number of amides is 1. The molecule has 3 aromatic heterocycles.